The molecule has 0 spiro atoms. The summed E-state index contributed by atoms with van der Waals surface area (Å²) in [7, 11) is 2.05. The molecule has 1 aliphatic carbocycles. The van der Waals surface area contributed by atoms with E-state index in [1.165, 1.54) is 12.0 Å². The van der Waals surface area contributed by atoms with Crippen molar-refractivity contribution in [3.63, 3.8) is 0 Å². The van der Waals surface area contributed by atoms with E-state index in [-0.39, 0.29) is 5.41 Å². The number of pyridine rings is 1. The first kappa shape index (κ1) is 24.6. The summed E-state index contributed by atoms with van der Waals surface area (Å²) in [5, 5.41) is 8.11. The first-order valence-corrected chi connectivity index (χ1v) is 14.0. The zero-order chi connectivity index (χ0) is 26.0. The summed E-state index contributed by atoms with van der Waals surface area (Å²) < 4.78 is 1.89. The second-order valence-corrected chi connectivity index (χ2v) is 10.9. The number of anilines is 1. The average molecular weight is 506 g/mol. The highest BCUT2D eigenvalue weighted by Crippen LogP contribution is 2.42. The van der Waals surface area contributed by atoms with E-state index in [0.717, 1.165) is 79.8 Å². The molecule has 2 aliphatic rings. The number of amides is 1. The Bertz CT molecular complexity index is 1390. The van der Waals surface area contributed by atoms with Crippen LogP contribution < -0.4 is 10.8 Å². The molecule has 1 amide bonds. The fourth-order valence-electron chi connectivity index (χ4n) is 6.34. The van der Waals surface area contributed by atoms with Crippen molar-refractivity contribution in [2.45, 2.75) is 62.8 Å². The summed E-state index contributed by atoms with van der Waals surface area (Å²) in [6.07, 6.45) is 12.8. The van der Waals surface area contributed by atoms with Crippen molar-refractivity contribution in [1.29, 1.82) is 0 Å². The number of hydrogen-bond donors (Lipinski definition) is 1. The zero-order valence-corrected chi connectivity index (χ0v) is 22.1. The fraction of sp³-hybridized carbons (Fsp3) is 0.400. The molecule has 1 N–H and O–H groups in total. The number of likely N-dealkylation sites (tertiary alicyclic amines) is 1. The third-order valence-electron chi connectivity index (χ3n) is 8.51. The Morgan fingerprint density at radius 3 is 2.55 bits per heavy atom. The molecule has 8 heteroatoms. The lowest BCUT2D eigenvalue weighted by atomic mass is 9.68. The molecule has 2 fully saturated rings. The van der Waals surface area contributed by atoms with Crippen LogP contribution in [0.3, 0.4) is 0 Å². The van der Waals surface area contributed by atoms with Crippen LogP contribution in [-0.2, 0) is 16.8 Å². The lowest BCUT2D eigenvalue weighted by Gasteiger charge is -2.42. The van der Waals surface area contributed by atoms with E-state index in [0.29, 0.717) is 18.4 Å². The normalized spacial score (nSPS) is 17.9. The van der Waals surface area contributed by atoms with Gasteiger partial charge in [-0.25, -0.2) is 4.98 Å². The zero-order valence-electron chi connectivity index (χ0n) is 22.1. The van der Waals surface area contributed by atoms with Gasteiger partial charge >= 0.3 is 0 Å². The number of nitrogens with zero attached hydrogens (tertiary/aromatic N) is 5. The predicted molar refractivity (Wildman–Crippen MR) is 152 cm³/mol. The highest BCUT2D eigenvalue weighted by molar-refractivity contribution is 6.36. The third-order valence-corrected chi connectivity index (χ3v) is 8.51. The number of piperidine rings is 1. The standard InChI is InChI=1S/C30H35BN6O/c31-25-21-34-37-27(33-20-22-8-7-15-32-19-22)18-26(35-28(25)37)23-11-16-36(17-12-23)29(38)30(13-5-2-6-14-30)24-9-3-1-4-10-24/h1,3-4,7-10,15,18-19,21,23,33H,2,5-6,11-14,16-17,20,31H2. The van der Waals surface area contributed by atoms with E-state index in [4.69, 9.17) is 4.98 Å². The first-order valence-electron chi connectivity index (χ1n) is 14.0. The quantitative estimate of drug-likeness (QED) is 0.405. The predicted octanol–water partition coefficient (Wildman–Crippen LogP) is 3.60. The first-order chi connectivity index (χ1) is 18.6. The lowest BCUT2D eigenvalue weighted by Crippen LogP contribution is -2.50. The average Bonchev–Trinajstić information content (AvgIpc) is 3.37. The van der Waals surface area contributed by atoms with Gasteiger partial charge in [0.25, 0.3) is 0 Å². The molecular weight excluding hydrogens is 471 g/mol. The number of hydrogen-bond acceptors (Lipinski definition) is 5. The Morgan fingerprint density at radius 1 is 1.03 bits per heavy atom. The van der Waals surface area contributed by atoms with E-state index < -0.39 is 0 Å². The summed E-state index contributed by atoms with van der Waals surface area (Å²) in [5.41, 5.74) is 4.98. The molecule has 3 aromatic heterocycles. The maximum atomic E-state index is 14.1. The fourth-order valence-corrected chi connectivity index (χ4v) is 6.34. The van der Waals surface area contributed by atoms with Crippen molar-refractivity contribution < 1.29 is 4.79 Å². The molecule has 0 unspecified atom stereocenters. The topological polar surface area (TPSA) is 75.4 Å². The molecule has 0 bridgehead atoms. The highest BCUT2D eigenvalue weighted by Gasteiger charge is 2.44. The monoisotopic (exact) mass is 506 g/mol. The van der Waals surface area contributed by atoms with Crippen molar-refractivity contribution in [3.05, 3.63) is 83.9 Å². The number of fused-ring (bicyclic) bond motifs is 1. The molecule has 0 atom stereocenters. The van der Waals surface area contributed by atoms with Gasteiger partial charge in [0.05, 0.1) is 5.41 Å². The Morgan fingerprint density at radius 2 is 1.82 bits per heavy atom. The number of nitrogens with one attached hydrogen (secondary N) is 1. The van der Waals surface area contributed by atoms with Crippen LogP contribution in [0, 0.1) is 0 Å². The Balaban J connectivity index is 1.20. The Hall–Kier alpha value is -3.68. The van der Waals surface area contributed by atoms with Crippen LogP contribution in [0.2, 0.25) is 0 Å². The summed E-state index contributed by atoms with van der Waals surface area (Å²) in [4.78, 5) is 25.5. The van der Waals surface area contributed by atoms with E-state index in [9.17, 15) is 4.79 Å². The van der Waals surface area contributed by atoms with Crippen LogP contribution in [0.15, 0.2) is 67.1 Å². The maximum absolute atomic E-state index is 14.1. The van der Waals surface area contributed by atoms with Gasteiger partial charge in [-0.3, -0.25) is 9.78 Å². The molecule has 0 radical (unpaired) electrons. The van der Waals surface area contributed by atoms with Crippen molar-refractivity contribution in [1.82, 2.24) is 24.5 Å². The minimum absolute atomic E-state index is 0.316. The molecule has 194 valence electrons. The molecule has 38 heavy (non-hydrogen) atoms. The molecule has 4 aromatic rings. The second-order valence-electron chi connectivity index (χ2n) is 10.9. The van der Waals surface area contributed by atoms with Crippen molar-refractivity contribution >= 4 is 30.7 Å². The molecule has 1 aliphatic heterocycles. The molecule has 1 aromatic carbocycles. The smallest absolute Gasteiger partial charge is 0.233 e. The number of carbonyl (C=O) groups excluding carboxylic acids is 1. The molecular formula is C30H35BN6O. The SMILES string of the molecule is Bc1cnn2c(NCc3cccnc3)cc(C3CCN(C(=O)C4(c5ccccc5)CCCCC4)CC3)nc12. The van der Waals surface area contributed by atoms with E-state index in [2.05, 4.69) is 64.5 Å². The minimum Gasteiger partial charge on any atom is -0.366 e. The van der Waals surface area contributed by atoms with Gasteiger partial charge in [-0.15, -0.1) is 0 Å². The van der Waals surface area contributed by atoms with Gasteiger partial charge in [-0.2, -0.15) is 9.61 Å². The summed E-state index contributed by atoms with van der Waals surface area (Å²) in [6, 6.07) is 16.7. The van der Waals surface area contributed by atoms with Gasteiger partial charge in [0, 0.05) is 55.9 Å². The van der Waals surface area contributed by atoms with Crippen LogP contribution in [0.25, 0.3) is 5.65 Å². The van der Waals surface area contributed by atoms with Crippen LogP contribution in [0.5, 0.6) is 0 Å². The number of rotatable bonds is 6. The van der Waals surface area contributed by atoms with Gasteiger partial charge in [0.15, 0.2) is 5.65 Å². The van der Waals surface area contributed by atoms with E-state index >= 15 is 0 Å². The number of carbonyl (C=O) groups is 1. The van der Waals surface area contributed by atoms with Crippen molar-refractivity contribution in [3.8, 4) is 0 Å². The van der Waals surface area contributed by atoms with Crippen molar-refractivity contribution in [2.24, 2.45) is 0 Å². The lowest BCUT2D eigenvalue weighted by molar-refractivity contribution is -0.140. The van der Waals surface area contributed by atoms with Crippen LogP contribution in [-0.4, -0.2) is 51.3 Å². The van der Waals surface area contributed by atoms with Gasteiger partial charge in [-0.1, -0.05) is 55.7 Å². The van der Waals surface area contributed by atoms with Crippen molar-refractivity contribution in [2.75, 3.05) is 18.4 Å². The van der Waals surface area contributed by atoms with Gasteiger partial charge in [0.1, 0.15) is 13.7 Å². The van der Waals surface area contributed by atoms with Crippen LogP contribution in [0.4, 0.5) is 5.82 Å². The Kier molecular flexibility index (Phi) is 6.87. The largest absolute Gasteiger partial charge is 0.366 e. The minimum atomic E-state index is -0.360. The van der Waals surface area contributed by atoms with Crippen LogP contribution in [0.1, 0.15) is 67.7 Å². The van der Waals surface area contributed by atoms with Gasteiger partial charge < -0.3 is 10.2 Å². The molecule has 1 saturated heterocycles. The molecule has 7 nitrogen and oxygen atoms in total. The summed E-state index contributed by atoms with van der Waals surface area (Å²) in [5.74, 6) is 1.58. The van der Waals surface area contributed by atoms with E-state index in [1.54, 1.807) is 6.20 Å². The molecule has 1 saturated carbocycles. The second kappa shape index (κ2) is 10.6. The van der Waals surface area contributed by atoms with E-state index in [1.807, 2.05) is 29.0 Å². The molecule has 4 heterocycles. The summed E-state index contributed by atoms with van der Waals surface area (Å²) in [6.45, 7) is 2.23. The van der Waals surface area contributed by atoms with Crippen LogP contribution >= 0.6 is 0 Å². The summed E-state index contributed by atoms with van der Waals surface area (Å²) >= 11 is 0. The number of benzene rings is 1. The maximum Gasteiger partial charge on any atom is 0.233 e. The molecule has 6 rings (SSSR count). The highest BCUT2D eigenvalue weighted by atomic mass is 16.2. The van der Waals surface area contributed by atoms with Gasteiger partial charge in [0.2, 0.25) is 5.91 Å². The van der Waals surface area contributed by atoms with Gasteiger partial charge in [-0.05, 0) is 48.3 Å². The number of aromatic nitrogens is 4. The third kappa shape index (κ3) is 4.68. The Labute approximate surface area is 225 Å².